The van der Waals surface area contributed by atoms with Gasteiger partial charge in [-0.3, -0.25) is 14.3 Å². The molecular formula is C22H27N3O4S. The number of benzene rings is 2. The molecule has 0 unspecified atom stereocenters. The molecule has 1 aliphatic rings. The average molecular weight is 430 g/mol. The molecule has 8 heteroatoms. The van der Waals surface area contributed by atoms with E-state index in [4.69, 9.17) is 0 Å². The molecule has 2 N–H and O–H groups in total. The SMILES string of the molecule is C[C@@H]1C[C@@H](C)CN(C(=O)c2ccccc2NC(=O)c2cccc(NS(C)(=O)=O)c2)C1. The summed E-state index contributed by atoms with van der Waals surface area (Å²) in [5.41, 5.74) is 1.45. The van der Waals surface area contributed by atoms with Crippen LogP contribution in [0.25, 0.3) is 0 Å². The summed E-state index contributed by atoms with van der Waals surface area (Å²) in [6.45, 7) is 5.68. The van der Waals surface area contributed by atoms with Crippen LogP contribution < -0.4 is 10.0 Å². The van der Waals surface area contributed by atoms with Crippen molar-refractivity contribution in [3.05, 3.63) is 59.7 Å². The Labute approximate surface area is 177 Å². The third-order valence-electron chi connectivity index (χ3n) is 4.99. The third-order valence-corrected chi connectivity index (χ3v) is 5.60. The number of rotatable bonds is 5. The number of amides is 2. The van der Waals surface area contributed by atoms with Crippen LogP contribution in [0.1, 0.15) is 41.0 Å². The maximum Gasteiger partial charge on any atom is 0.255 e. The summed E-state index contributed by atoms with van der Waals surface area (Å²) in [7, 11) is -3.45. The van der Waals surface area contributed by atoms with E-state index in [-0.39, 0.29) is 11.5 Å². The molecule has 2 aromatic carbocycles. The molecule has 0 spiro atoms. The monoisotopic (exact) mass is 429 g/mol. The van der Waals surface area contributed by atoms with Crippen molar-refractivity contribution >= 4 is 33.2 Å². The molecule has 1 aliphatic heterocycles. The summed E-state index contributed by atoms with van der Waals surface area (Å²) in [4.78, 5) is 27.8. The van der Waals surface area contributed by atoms with E-state index < -0.39 is 15.9 Å². The molecule has 7 nitrogen and oxygen atoms in total. The van der Waals surface area contributed by atoms with Crippen molar-refractivity contribution in [2.24, 2.45) is 11.8 Å². The molecule has 3 rings (SSSR count). The lowest BCUT2D eigenvalue weighted by molar-refractivity contribution is 0.0624. The Hall–Kier alpha value is -2.87. The molecular weight excluding hydrogens is 402 g/mol. The van der Waals surface area contributed by atoms with Crippen LogP contribution in [0.2, 0.25) is 0 Å². The van der Waals surface area contributed by atoms with E-state index in [1.807, 2.05) is 4.90 Å². The van der Waals surface area contributed by atoms with Gasteiger partial charge in [0.15, 0.2) is 0 Å². The molecule has 2 amide bonds. The van der Waals surface area contributed by atoms with Crippen LogP contribution in [-0.2, 0) is 10.0 Å². The molecule has 0 radical (unpaired) electrons. The predicted molar refractivity (Wildman–Crippen MR) is 118 cm³/mol. The van der Waals surface area contributed by atoms with E-state index in [1.165, 1.54) is 6.07 Å². The van der Waals surface area contributed by atoms with Crippen molar-refractivity contribution in [1.82, 2.24) is 4.90 Å². The predicted octanol–water partition coefficient (Wildman–Crippen LogP) is 3.43. The summed E-state index contributed by atoms with van der Waals surface area (Å²) < 4.78 is 25.2. The number of anilines is 2. The van der Waals surface area contributed by atoms with Crippen LogP contribution >= 0.6 is 0 Å². The van der Waals surface area contributed by atoms with Gasteiger partial charge in [0.1, 0.15) is 0 Å². The number of carbonyl (C=O) groups is 2. The van der Waals surface area contributed by atoms with Gasteiger partial charge in [0.25, 0.3) is 11.8 Å². The number of carbonyl (C=O) groups excluding carboxylic acids is 2. The molecule has 2 atom stereocenters. The van der Waals surface area contributed by atoms with Gasteiger partial charge in [0.2, 0.25) is 10.0 Å². The first-order valence-electron chi connectivity index (χ1n) is 9.90. The van der Waals surface area contributed by atoms with Crippen molar-refractivity contribution in [1.29, 1.82) is 0 Å². The van der Waals surface area contributed by atoms with Gasteiger partial charge in [-0.05, 0) is 48.6 Å². The van der Waals surface area contributed by atoms with Gasteiger partial charge in [-0.1, -0.05) is 32.0 Å². The normalized spacial score (nSPS) is 19.2. The first-order valence-corrected chi connectivity index (χ1v) is 11.8. The van der Waals surface area contributed by atoms with E-state index in [0.29, 0.717) is 41.9 Å². The number of hydrogen-bond donors (Lipinski definition) is 2. The fourth-order valence-corrected chi connectivity index (χ4v) is 4.47. The number of nitrogens with one attached hydrogen (secondary N) is 2. The Morgan fingerprint density at radius 2 is 1.67 bits per heavy atom. The van der Waals surface area contributed by atoms with Gasteiger partial charge >= 0.3 is 0 Å². The first-order chi connectivity index (χ1) is 14.1. The largest absolute Gasteiger partial charge is 0.338 e. The van der Waals surface area contributed by atoms with E-state index >= 15 is 0 Å². The van der Waals surface area contributed by atoms with Crippen LogP contribution in [0.15, 0.2) is 48.5 Å². The van der Waals surface area contributed by atoms with Crippen LogP contribution in [0.5, 0.6) is 0 Å². The van der Waals surface area contributed by atoms with E-state index in [2.05, 4.69) is 23.9 Å². The minimum absolute atomic E-state index is 0.100. The van der Waals surface area contributed by atoms with Gasteiger partial charge in [0.05, 0.1) is 17.5 Å². The highest BCUT2D eigenvalue weighted by molar-refractivity contribution is 7.92. The van der Waals surface area contributed by atoms with E-state index in [1.54, 1.807) is 42.5 Å². The van der Waals surface area contributed by atoms with Crippen molar-refractivity contribution in [3.63, 3.8) is 0 Å². The molecule has 1 fully saturated rings. The molecule has 30 heavy (non-hydrogen) atoms. The Balaban J connectivity index is 1.80. The molecule has 1 heterocycles. The highest BCUT2D eigenvalue weighted by Crippen LogP contribution is 2.25. The van der Waals surface area contributed by atoms with Crippen molar-refractivity contribution in [2.45, 2.75) is 20.3 Å². The smallest absolute Gasteiger partial charge is 0.255 e. The lowest BCUT2D eigenvalue weighted by Crippen LogP contribution is -2.42. The lowest BCUT2D eigenvalue weighted by atomic mass is 9.91. The lowest BCUT2D eigenvalue weighted by Gasteiger charge is -2.35. The zero-order valence-corrected chi connectivity index (χ0v) is 18.2. The molecule has 0 saturated carbocycles. The minimum atomic E-state index is -3.45. The summed E-state index contributed by atoms with van der Waals surface area (Å²) in [6, 6.07) is 13.1. The molecule has 0 aromatic heterocycles. The zero-order valence-electron chi connectivity index (χ0n) is 17.4. The Morgan fingerprint density at radius 3 is 2.33 bits per heavy atom. The average Bonchev–Trinajstić information content (AvgIpc) is 2.66. The van der Waals surface area contributed by atoms with E-state index in [9.17, 15) is 18.0 Å². The molecule has 160 valence electrons. The number of likely N-dealkylation sites (tertiary alicyclic amines) is 1. The number of sulfonamides is 1. The van der Waals surface area contributed by atoms with Crippen molar-refractivity contribution in [2.75, 3.05) is 29.4 Å². The Bertz CT molecular complexity index is 1040. The van der Waals surface area contributed by atoms with Crippen molar-refractivity contribution < 1.29 is 18.0 Å². The van der Waals surface area contributed by atoms with Gasteiger partial charge < -0.3 is 10.2 Å². The second kappa shape index (κ2) is 8.87. The number of piperidine rings is 1. The second-order valence-electron chi connectivity index (χ2n) is 8.11. The van der Waals surface area contributed by atoms with Gasteiger partial charge in [-0.15, -0.1) is 0 Å². The van der Waals surface area contributed by atoms with Crippen LogP contribution in [-0.4, -0.2) is 44.5 Å². The molecule has 0 bridgehead atoms. The summed E-state index contributed by atoms with van der Waals surface area (Å²) in [5.74, 6) is 0.346. The van der Waals surface area contributed by atoms with E-state index in [0.717, 1.165) is 12.7 Å². The molecule has 0 aliphatic carbocycles. The Morgan fingerprint density at radius 1 is 1.00 bits per heavy atom. The maximum absolute atomic E-state index is 13.1. The zero-order chi connectivity index (χ0) is 21.9. The highest BCUT2D eigenvalue weighted by Gasteiger charge is 2.27. The third kappa shape index (κ3) is 5.60. The second-order valence-corrected chi connectivity index (χ2v) is 9.86. The fourth-order valence-electron chi connectivity index (χ4n) is 3.91. The number of para-hydroxylation sites is 1. The summed E-state index contributed by atoms with van der Waals surface area (Å²) >= 11 is 0. The quantitative estimate of drug-likeness (QED) is 0.761. The van der Waals surface area contributed by atoms with Crippen LogP contribution in [0.4, 0.5) is 11.4 Å². The Kier molecular flexibility index (Phi) is 6.45. The fraction of sp³-hybridized carbons (Fsp3) is 0.364. The topological polar surface area (TPSA) is 95.6 Å². The maximum atomic E-state index is 13.1. The summed E-state index contributed by atoms with van der Waals surface area (Å²) in [5, 5.41) is 2.80. The number of hydrogen-bond acceptors (Lipinski definition) is 4. The van der Waals surface area contributed by atoms with Crippen molar-refractivity contribution in [3.8, 4) is 0 Å². The molecule has 2 aromatic rings. The highest BCUT2D eigenvalue weighted by atomic mass is 32.2. The minimum Gasteiger partial charge on any atom is -0.338 e. The van der Waals surface area contributed by atoms with Gasteiger partial charge in [-0.2, -0.15) is 0 Å². The summed E-state index contributed by atoms with van der Waals surface area (Å²) in [6.07, 6.45) is 2.14. The first kappa shape index (κ1) is 21.8. The van der Waals surface area contributed by atoms with Gasteiger partial charge in [0, 0.05) is 24.3 Å². The number of nitrogens with zero attached hydrogens (tertiary/aromatic N) is 1. The van der Waals surface area contributed by atoms with Gasteiger partial charge in [-0.25, -0.2) is 8.42 Å². The van der Waals surface area contributed by atoms with Crippen LogP contribution in [0.3, 0.4) is 0 Å². The van der Waals surface area contributed by atoms with Crippen LogP contribution in [0, 0.1) is 11.8 Å². The standard InChI is InChI=1S/C22H27N3O4S/c1-15-11-16(2)14-25(13-15)22(27)19-9-4-5-10-20(19)23-21(26)17-7-6-8-18(12-17)24-30(3,28)29/h4-10,12,15-16,24H,11,13-14H2,1-3H3,(H,23,26)/t15-,16-/m1/s1. The molecule has 1 saturated heterocycles.